The lowest BCUT2D eigenvalue weighted by Gasteiger charge is -2.25. The van der Waals surface area contributed by atoms with Gasteiger partial charge in [0.2, 0.25) is 10.0 Å². The highest BCUT2D eigenvalue weighted by Crippen LogP contribution is 2.16. The van der Waals surface area contributed by atoms with Crippen molar-refractivity contribution in [2.75, 3.05) is 19.3 Å². The third-order valence-electron chi connectivity index (χ3n) is 1.78. The summed E-state index contributed by atoms with van der Waals surface area (Å²) in [7, 11) is -3.19. The van der Waals surface area contributed by atoms with Crippen molar-refractivity contribution in [2.24, 2.45) is 0 Å². The van der Waals surface area contributed by atoms with Gasteiger partial charge in [-0.3, -0.25) is 4.79 Å². The molecule has 0 amide bonds. The molecular weight excluding hydrogens is 246 g/mol. The van der Waals surface area contributed by atoms with E-state index >= 15 is 0 Å². The Labute approximate surface area is 80.1 Å². The summed E-state index contributed by atoms with van der Waals surface area (Å²) >= 11 is 3.18. The van der Waals surface area contributed by atoms with E-state index < -0.39 is 10.0 Å². The standard InChI is InChI=1S/C6H10BrNO3S/c1-12(10,11)8-3-2-5(7)6(9)4-8/h5H,2-4H2,1H3. The molecule has 4 nitrogen and oxygen atoms in total. The van der Waals surface area contributed by atoms with Crippen LogP contribution < -0.4 is 0 Å². The number of piperidine rings is 1. The van der Waals surface area contributed by atoms with Gasteiger partial charge in [0.1, 0.15) is 0 Å². The molecule has 0 bridgehead atoms. The van der Waals surface area contributed by atoms with Crippen molar-refractivity contribution in [1.29, 1.82) is 0 Å². The normalized spacial score (nSPS) is 27.5. The van der Waals surface area contributed by atoms with Gasteiger partial charge in [0.15, 0.2) is 5.78 Å². The molecule has 70 valence electrons. The summed E-state index contributed by atoms with van der Waals surface area (Å²) in [5.74, 6) is -0.0633. The summed E-state index contributed by atoms with van der Waals surface area (Å²) in [4.78, 5) is 10.9. The van der Waals surface area contributed by atoms with E-state index in [1.807, 2.05) is 0 Å². The Morgan fingerprint density at radius 2 is 2.17 bits per heavy atom. The first-order chi connectivity index (χ1) is 5.41. The Kier molecular flexibility index (Phi) is 2.90. The number of rotatable bonds is 1. The maximum absolute atomic E-state index is 11.1. The van der Waals surface area contributed by atoms with Crippen LogP contribution in [0.5, 0.6) is 0 Å². The van der Waals surface area contributed by atoms with Crippen LogP contribution in [0.1, 0.15) is 6.42 Å². The largest absolute Gasteiger partial charge is 0.297 e. The molecule has 1 fully saturated rings. The van der Waals surface area contributed by atoms with Gasteiger partial charge in [0.25, 0.3) is 0 Å². The van der Waals surface area contributed by atoms with Gasteiger partial charge in [-0.1, -0.05) is 15.9 Å². The molecule has 0 aromatic rings. The van der Waals surface area contributed by atoms with Crippen molar-refractivity contribution in [1.82, 2.24) is 4.31 Å². The van der Waals surface area contributed by atoms with Gasteiger partial charge in [-0.25, -0.2) is 8.42 Å². The molecular formula is C6H10BrNO3S. The summed E-state index contributed by atoms with van der Waals surface area (Å²) in [5.41, 5.74) is 0. The number of sulfonamides is 1. The fourth-order valence-electron chi connectivity index (χ4n) is 1.05. The molecule has 0 aliphatic carbocycles. The molecule has 0 N–H and O–H groups in total. The van der Waals surface area contributed by atoms with E-state index in [4.69, 9.17) is 0 Å². The minimum absolute atomic E-state index is 0.00868. The quantitative estimate of drug-likeness (QED) is 0.620. The van der Waals surface area contributed by atoms with E-state index in [-0.39, 0.29) is 17.2 Å². The number of ketones is 1. The van der Waals surface area contributed by atoms with Crippen LogP contribution in [-0.2, 0) is 14.8 Å². The summed E-state index contributed by atoms with van der Waals surface area (Å²) in [6.07, 6.45) is 1.68. The van der Waals surface area contributed by atoms with E-state index in [2.05, 4.69) is 15.9 Å². The van der Waals surface area contributed by atoms with E-state index in [9.17, 15) is 13.2 Å². The van der Waals surface area contributed by atoms with Crippen LogP contribution in [0.4, 0.5) is 0 Å². The van der Waals surface area contributed by atoms with Crippen molar-refractivity contribution in [2.45, 2.75) is 11.2 Å². The number of hydrogen-bond donors (Lipinski definition) is 0. The lowest BCUT2D eigenvalue weighted by atomic mass is 10.1. The second-order valence-electron chi connectivity index (χ2n) is 2.82. The second-order valence-corrected chi connectivity index (χ2v) is 5.91. The highest BCUT2D eigenvalue weighted by molar-refractivity contribution is 9.10. The predicted molar refractivity (Wildman–Crippen MR) is 48.8 cm³/mol. The monoisotopic (exact) mass is 255 g/mol. The van der Waals surface area contributed by atoms with E-state index in [1.54, 1.807) is 0 Å². The Balaban J connectivity index is 2.70. The SMILES string of the molecule is CS(=O)(=O)N1CCC(Br)C(=O)C1. The average Bonchev–Trinajstić information content (AvgIpc) is 1.92. The summed E-state index contributed by atoms with van der Waals surface area (Å²) in [5, 5.41) is 0. The number of alkyl halides is 1. The van der Waals surface area contributed by atoms with Crippen molar-refractivity contribution < 1.29 is 13.2 Å². The molecule has 6 heteroatoms. The lowest BCUT2D eigenvalue weighted by Crippen LogP contribution is -2.43. The number of halogens is 1. The topological polar surface area (TPSA) is 54.5 Å². The number of nitrogens with zero attached hydrogens (tertiary/aromatic N) is 1. The number of carbonyl (C=O) groups is 1. The molecule has 0 radical (unpaired) electrons. The number of Topliss-reactive ketones (excluding diaryl/α,β-unsaturated/α-hetero) is 1. The molecule has 1 heterocycles. The fourth-order valence-corrected chi connectivity index (χ4v) is 2.20. The van der Waals surface area contributed by atoms with E-state index in [0.29, 0.717) is 13.0 Å². The van der Waals surface area contributed by atoms with Crippen molar-refractivity contribution in [3.8, 4) is 0 Å². The minimum atomic E-state index is -3.19. The molecule has 1 rings (SSSR count). The van der Waals surface area contributed by atoms with Crippen LogP contribution in [0.15, 0.2) is 0 Å². The van der Waals surface area contributed by atoms with Gasteiger partial charge in [-0.2, -0.15) is 4.31 Å². The van der Waals surface area contributed by atoms with Crippen molar-refractivity contribution in [3.05, 3.63) is 0 Å². The lowest BCUT2D eigenvalue weighted by molar-refractivity contribution is -0.120. The van der Waals surface area contributed by atoms with Crippen LogP contribution in [-0.4, -0.2) is 42.7 Å². The van der Waals surface area contributed by atoms with Gasteiger partial charge >= 0.3 is 0 Å². The number of hydrogen-bond acceptors (Lipinski definition) is 3. The second kappa shape index (κ2) is 3.43. The first-order valence-corrected chi connectivity index (χ1v) is 6.29. The van der Waals surface area contributed by atoms with Crippen LogP contribution in [0.25, 0.3) is 0 Å². The van der Waals surface area contributed by atoms with Crippen molar-refractivity contribution in [3.63, 3.8) is 0 Å². The van der Waals surface area contributed by atoms with Gasteiger partial charge in [0, 0.05) is 6.54 Å². The Hall–Kier alpha value is 0.0600. The molecule has 0 spiro atoms. The maximum atomic E-state index is 11.1. The van der Waals surface area contributed by atoms with Gasteiger partial charge < -0.3 is 0 Å². The van der Waals surface area contributed by atoms with Gasteiger partial charge in [-0.05, 0) is 6.42 Å². The Morgan fingerprint density at radius 3 is 2.58 bits per heavy atom. The first-order valence-electron chi connectivity index (χ1n) is 3.53. The molecule has 1 unspecified atom stereocenters. The third kappa shape index (κ3) is 2.27. The summed E-state index contributed by atoms with van der Waals surface area (Å²) in [6.45, 7) is 0.440. The minimum Gasteiger partial charge on any atom is -0.297 e. The zero-order chi connectivity index (χ0) is 9.35. The van der Waals surface area contributed by atoms with Gasteiger partial charge in [-0.15, -0.1) is 0 Å². The van der Waals surface area contributed by atoms with Crippen molar-refractivity contribution >= 4 is 31.7 Å². The predicted octanol–water partition coefficient (Wildman–Crippen LogP) is -0.0157. The van der Waals surface area contributed by atoms with Gasteiger partial charge in [0.05, 0.1) is 17.6 Å². The Bertz CT molecular complexity index is 287. The molecule has 0 saturated carbocycles. The number of carbonyl (C=O) groups excluding carboxylic acids is 1. The highest BCUT2D eigenvalue weighted by atomic mass is 79.9. The van der Waals surface area contributed by atoms with Crippen LogP contribution in [0, 0.1) is 0 Å². The van der Waals surface area contributed by atoms with Crippen LogP contribution in [0.2, 0.25) is 0 Å². The summed E-state index contributed by atoms with van der Waals surface area (Å²) < 4.78 is 23.2. The van der Waals surface area contributed by atoms with E-state index in [1.165, 1.54) is 4.31 Å². The molecule has 1 atom stereocenters. The van der Waals surface area contributed by atoms with Crippen LogP contribution >= 0.6 is 15.9 Å². The molecule has 1 aliphatic rings. The van der Waals surface area contributed by atoms with Crippen LogP contribution in [0.3, 0.4) is 0 Å². The molecule has 1 saturated heterocycles. The first kappa shape index (κ1) is 10.1. The zero-order valence-corrected chi connectivity index (χ0v) is 9.06. The zero-order valence-electron chi connectivity index (χ0n) is 6.66. The average molecular weight is 256 g/mol. The molecule has 0 aromatic carbocycles. The molecule has 12 heavy (non-hydrogen) atoms. The smallest absolute Gasteiger partial charge is 0.211 e. The Morgan fingerprint density at radius 1 is 1.58 bits per heavy atom. The maximum Gasteiger partial charge on any atom is 0.211 e. The molecule has 0 aromatic heterocycles. The molecule has 1 aliphatic heterocycles. The summed E-state index contributed by atoms with van der Waals surface area (Å²) in [6, 6.07) is 0. The fraction of sp³-hybridized carbons (Fsp3) is 0.833. The third-order valence-corrected chi connectivity index (χ3v) is 4.00. The van der Waals surface area contributed by atoms with E-state index in [0.717, 1.165) is 6.26 Å². The highest BCUT2D eigenvalue weighted by Gasteiger charge is 2.29.